The fourth-order valence-electron chi connectivity index (χ4n) is 2.23. The van der Waals surface area contributed by atoms with Crippen LogP contribution in [0.4, 0.5) is 17.1 Å². The van der Waals surface area contributed by atoms with Crippen molar-refractivity contribution in [3.63, 3.8) is 0 Å². The van der Waals surface area contributed by atoms with E-state index in [1.165, 1.54) is 12.1 Å². The molecule has 0 atom stereocenters. The molecule has 0 aliphatic heterocycles. The first-order chi connectivity index (χ1) is 11.0. The van der Waals surface area contributed by atoms with Crippen LogP contribution in [0, 0.1) is 0 Å². The van der Waals surface area contributed by atoms with Crippen LogP contribution in [-0.4, -0.2) is 10.2 Å². The fraction of sp³-hybridized carbons (Fsp3) is 0.0588. The lowest BCUT2D eigenvalue weighted by atomic mass is 10.1. The zero-order valence-corrected chi connectivity index (χ0v) is 12.0. The number of phenols is 2. The number of aromatic hydroxyl groups is 2. The highest BCUT2D eigenvalue weighted by Gasteiger charge is 2.20. The monoisotopic (exact) mass is 310 g/mol. The van der Waals surface area contributed by atoms with E-state index in [1.807, 2.05) is 0 Å². The lowest BCUT2D eigenvalue weighted by molar-refractivity contribution is 0.474. The minimum absolute atomic E-state index is 0.114. The molecule has 0 aromatic heterocycles. The van der Waals surface area contributed by atoms with Gasteiger partial charge in [-0.2, -0.15) is 0 Å². The molecule has 0 heterocycles. The van der Waals surface area contributed by atoms with Crippen molar-refractivity contribution in [3.8, 4) is 11.5 Å². The predicted octanol–water partition coefficient (Wildman–Crippen LogP) is 2.05. The van der Waals surface area contributed by atoms with E-state index in [0.717, 1.165) is 5.56 Å². The number of hydrogen-bond acceptors (Lipinski definition) is 6. The molecule has 0 radical (unpaired) electrons. The third kappa shape index (κ3) is 3.01. The third-order valence-corrected chi connectivity index (χ3v) is 3.43. The van der Waals surface area contributed by atoms with Crippen LogP contribution in [0.5, 0.6) is 11.5 Å². The Morgan fingerprint density at radius 1 is 0.826 bits per heavy atom. The average Bonchev–Trinajstić information content (AvgIpc) is 2.55. The van der Waals surface area contributed by atoms with Crippen LogP contribution in [0.25, 0.3) is 0 Å². The van der Waals surface area contributed by atoms with Crippen molar-refractivity contribution in [2.45, 2.75) is 6.54 Å². The van der Waals surface area contributed by atoms with E-state index in [-0.39, 0.29) is 22.9 Å². The van der Waals surface area contributed by atoms with Crippen molar-refractivity contribution in [1.29, 1.82) is 0 Å². The third-order valence-electron chi connectivity index (χ3n) is 3.43. The summed E-state index contributed by atoms with van der Waals surface area (Å²) in [6.07, 6.45) is 0. The molecule has 4 N–H and O–H groups in total. The molecular formula is C17H14N2O4. The first-order valence-electron chi connectivity index (χ1n) is 6.96. The molecule has 3 aromatic carbocycles. The summed E-state index contributed by atoms with van der Waals surface area (Å²) < 4.78 is 0. The maximum atomic E-state index is 11.7. The van der Waals surface area contributed by atoms with Crippen molar-refractivity contribution in [2.24, 2.45) is 0 Å². The number of anilines is 3. The summed E-state index contributed by atoms with van der Waals surface area (Å²) in [7, 11) is 0. The van der Waals surface area contributed by atoms with Crippen LogP contribution in [0.15, 0.2) is 58.1 Å². The highest BCUT2D eigenvalue weighted by Crippen LogP contribution is 2.23. The maximum absolute atomic E-state index is 11.7. The molecule has 0 unspecified atom stereocenters. The molecule has 0 fully saturated rings. The molecule has 0 aliphatic carbocycles. The second-order valence-electron chi connectivity index (χ2n) is 5.10. The van der Waals surface area contributed by atoms with Gasteiger partial charge in [0, 0.05) is 12.2 Å². The lowest BCUT2D eigenvalue weighted by Crippen LogP contribution is -2.36. The quantitative estimate of drug-likeness (QED) is 0.425. The Morgan fingerprint density at radius 2 is 1.52 bits per heavy atom. The molecule has 6 heteroatoms. The van der Waals surface area contributed by atoms with E-state index in [1.54, 1.807) is 36.4 Å². The SMILES string of the molecule is O=c1c(NCc2cccc(O)c2)c(Nc2ccc(O)cc2)c1=O. The fourth-order valence-corrected chi connectivity index (χ4v) is 2.23. The number of phenolic OH excluding ortho intramolecular Hbond substituents is 2. The van der Waals surface area contributed by atoms with Gasteiger partial charge in [-0.1, -0.05) is 12.1 Å². The molecule has 3 rings (SSSR count). The number of hydrogen-bond donors (Lipinski definition) is 4. The van der Waals surface area contributed by atoms with Gasteiger partial charge in [-0.25, -0.2) is 0 Å². The smallest absolute Gasteiger partial charge is 0.253 e. The van der Waals surface area contributed by atoms with E-state index >= 15 is 0 Å². The molecule has 0 bridgehead atoms. The molecule has 116 valence electrons. The van der Waals surface area contributed by atoms with Gasteiger partial charge in [0.15, 0.2) is 0 Å². The highest BCUT2D eigenvalue weighted by molar-refractivity contribution is 5.78. The molecule has 0 aliphatic rings. The Kier molecular flexibility index (Phi) is 3.72. The van der Waals surface area contributed by atoms with E-state index in [4.69, 9.17) is 0 Å². The van der Waals surface area contributed by atoms with E-state index in [0.29, 0.717) is 12.2 Å². The minimum atomic E-state index is -0.587. The van der Waals surface area contributed by atoms with Gasteiger partial charge in [0.1, 0.15) is 22.9 Å². The largest absolute Gasteiger partial charge is 0.508 e. The maximum Gasteiger partial charge on any atom is 0.253 e. The first-order valence-corrected chi connectivity index (χ1v) is 6.96. The summed E-state index contributed by atoms with van der Waals surface area (Å²) in [5.41, 5.74) is 0.624. The average molecular weight is 310 g/mol. The molecule has 0 saturated heterocycles. The summed E-state index contributed by atoms with van der Waals surface area (Å²) in [4.78, 5) is 23.4. The zero-order chi connectivity index (χ0) is 16.4. The molecule has 6 nitrogen and oxygen atoms in total. The summed E-state index contributed by atoms with van der Waals surface area (Å²) in [5.74, 6) is 0.250. The van der Waals surface area contributed by atoms with Gasteiger partial charge in [-0.3, -0.25) is 9.59 Å². The van der Waals surface area contributed by atoms with Crippen molar-refractivity contribution >= 4 is 17.1 Å². The summed E-state index contributed by atoms with van der Waals surface area (Å²) in [6, 6.07) is 12.8. The molecular weight excluding hydrogens is 296 g/mol. The van der Waals surface area contributed by atoms with Gasteiger partial charge in [0.05, 0.1) is 0 Å². The molecule has 23 heavy (non-hydrogen) atoms. The van der Waals surface area contributed by atoms with Crippen molar-refractivity contribution in [3.05, 3.63) is 74.5 Å². The summed E-state index contributed by atoms with van der Waals surface area (Å²) in [6.45, 7) is 0.309. The van der Waals surface area contributed by atoms with Gasteiger partial charge in [0.2, 0.25) is 0 Å². The molecule has 0 amide bonds. The minimum Gasteiger partial charge on any atom is -0.508 e. The van der Waals surface area contributed by atoms with E-state index in [2.05, 4.69) is 10.6 Å². The molecule has 0 spiro atoms. The summed E-state index contributed by atoms with van der Waals surface area (Å²) >= 11 is 0. The van der Waals surface area contributed by atoms with Crippen LogP contribution < -0.4 is 21.5 Å². The van der Waals surface area contributed by atoms with Gasteiger partial charge in [0.25, 0.3) is 10.9 Å². The van der Waals surface area contributed by atoms with Gasteiger partial charge >= 0.3 is 0 Å². The van der Waals surface area contributed by atoms with Gasteiger partial charge in [-0.15, -0.1) is 0 Å². The van der Waals surface area contributed by atoms with Crippen molar-refractivity contribution in [1.82, 2.24) is 0 Å². The number of rotatable bonds is 5. The first kappa shape index (κ1) is 14.6. The number of nitrogens with one attached hydrogen (secondary N) is 2. The topological polar surface area (TPSA) is 98.7 Å². The molecule has 3 aromatic rings. The van der Waals surface area contributed by atoms with E-state index < -0.39 is 10.9 Å². The standard InChI is InChI=1S/C17H14N2O4/c20-12-6-4-11(5-7-12)19-15-14(16(22)17(15)23)18-9-10-2-1-3-13(21)8-10/h1-8,18-21H,9H2. The number of benzene rings is 2. The Hall–Kier alpha value is -3.28. The summed E-state index contributed by atoms with van der Waals surface area (Å²) in [5, 5.41) is 24.4. The van der Waals surface area contributed by atoms with Crippen LogP contribution in [0.3, 0.4) is 0 Å². The molecule has 0 saturated carbocycles. The van der Waals surface area contributed by atoms with Crippen LogP contribution in [-0.2, 0) is 6.54 Å². The van der Waals surface area contributed by atoms with Crippen LogP contribution in [0.2, 0.25) is 0 Å². The Bertz CT molecular complexity index is 909. The second kappa shape index (κ2) is 5.84. The van der Waals surface area contributed by atoms with Crippen LogP contribution >= 0.6 is 0 Å². The van der Waals surface area contributed by atoms with Crippen LogP contribution in [0.1, 0.15) is 5.56 Å². The zero-order valence-electron chi connectivity index (χ0n) is 12.0. The lowest BCUT2D eigenvalue weighted by Gasteiger charge is -2.15. The Labute approximate surface area is 131 Å². The van der Waals surface area contributed by atoms with Crippen molar-refractivity contribution < 1.29 is 10.2 Å². The normalized spacial score (nSPS) is 10.6. The Morgan fingerprint density at radius 3 is 2.22 bits per heavy atom. The van der Waals surface area contributed by atoms with Gasteiger partial charge < -0.3 is 20.8 Å². The Balaban J connectivity index is 1.76. The van der Waals surface area contributed by atoms with Gasteiger partial charge in [-0.05, 0) is 42.0 Å². The predicted molar refractivity (Wildman–Crippen MR) is 88.2 cm³/mol. The van der Waals surface area contributed by atoms with E-state index in [9.17, 15) is 19.8 Å². The second-order valence-corrected chi connectivity index (χ2v) is 5.10. The highest BCUT2D eigenvalue weighted by atomic mass is 16.3. The van der Waals surface area contributed by atoms with Crippen molar-refractivity contribution in [2.75, 3.05) is 10.6 Å².